The van der Waals surface area contributed by atoms with Crippen molar-refractivity contribution in [2.24, 2.45) is 0 Å². The quantitative estimate of drug-likeness (QED) is 0.847. The number of anilines is 1. The molecule has 0 spiro atoms. The second-order valence-corrected chi connectivity index (χ2v) is 7.40. The molecule has 1 amide bonds. The number of aromatic nitrogens is 2. The monoisotopic (exact) mass is 383 g/mol. The van der Waals surface area contributed by atoms with Crippen LogP contribution in [0.1, 0.15) is 36.3 Å². The zero-order chi connectivity index (χ0) is 15.9. The Labute approximate surface area is 140 Å². The van der Waals surface area contributed by atoms with Gasteiger partial charge in [0.15, 0.2) is 0 Å². The summed E-state index contributed by atoms with van der Waals surface area (Å²) in [6.45, 7) is 3.98. The Morgan fingerprint density at radius 2 is 2.23 bits per heavy atom. The summed E-state index contributed by atoms with van der Waals surface area (Å²) in [6, 6.07) is 4.98. The van der Waals surface area contributed by atoms with Crippen molar-refractivity contribution in [3.63, 3.8) is 0 Å². The number of hydrogen-bond acceptors (Lipinski definition) is 3. The minimum atomic E-state index is -0.279. The second-order valence-electron chi connectivity index (χ2n) is 5.39. The van der Waals surface area contributed by atoms with E-state index in [4.69, 9.17) is 0 Å². The molecule has 0 bridgehead atoms. The maximum absolute atomic E-state index is 14.3. The lowest BCUT2D eigenvalue weighted by molar-refractivity contribution is -0.113. The zero-order valence-corrected chi connectivity index (χ0v) is 14.5. The van der Waals surface area contributed by atoms with E-state index in [-0.39, 0.29) is 28.8 Å². The number of amides is 1. The van der Waals surface area contributed by atoms with Gasteiger partial charge in [-0.1, -0.05) is 15.9 Å². The molecule has 2 heterocycles. The van der Waals surface area contributed by atoms with Crippen LogP contribution in [0.2, 0.25) is 0 Å². The molecule has 0 radical (unpaired) electrons. The van der Waals surface area contributed by atoms with Gasteiger partial charge < -0.3 is 5.32 Å². The molecule has 22 heavy (non-hydrogen) atoms. The summed E-state index contributed by atoms with van der Waals surface area (Å²) >= 11 is 4.79. The van der Waals surface area contributed by atoms with Crippen molar-refractivity contribution in [3.05, 3.63) is 45.8 Å². The molecule has 116 valence electrons. The number of nitrogens with one attached hydrogen (secondary N) is 1. The van der Waals surface area contributed by atoms with Gasteiger partial charge in [0.05, 0.1) is 17.2 Å². The van der Waals surface area contributed by atoms with Crippen LogP contribution in [0.3, 0.4) is 0 Å². The molecule has 0 fully saturated rings. The van der Waals surface area contributed by atoms with Gasteiger partial charge in [0.2, 0.25) is 5.91 Å². The molecule has 1 aliphatic rings. The highest BCUT2D eigenvalue weighted by Crippen LogP contribution is 2.43. The molecule has 1 N–H and O–H groups in total. The van der Waals surface area contributed by atoms with Gasteiger partial charge in [-0.2, -0.15) is 5.10 Å². The number of hydrogen-bond donors (Lipinski definition) is 1. The van der Waals surface area contributed by atoms with Crippen LogP contribution in [0.4, 0.5) is 10.2 Å². The summed E-state index contributed by atoms with van der Waals surface area (Å²) in [5.41, 5.74) is 1.39. The predicted octanol–water partition coefficient (Wildman–Crippen LogP) is 4.14. The average molecular weight is 384 g/mol. The highest BCUT2D eigenvalue weighted by atomic mass is 79.9. The Morgan fingerprint density at radius 1 is 1.45 bits per heavy atom. The van der Waals surface area contributed by atoms with Gasteiger partial charge in [-0.15, -0.1) is 11.8 Å². The molecule has 1 aromatic heterocycles. The predicted molar refractivity (Wildman–Crippen MR) is 89.6 cm³/mol. The highest BCUT2D eigenvalue weighted by molar-refractivity contribution is 9.10. The van der Waals surface area contributed by atoms with Gasteiger partial charge in [-0.25, -0.2) is 9.07 Å². The average Bonchev–Trinajstić information content (AvgIpc) is 2.79. The third-order valence-electron chi connectivity index (χ3n) is 3.47. The summed E-state index contributed by atoms with van der Waals surface area (Å²) in [5.74, 6) is 0.572. The van der Waals surface area contributed by atoms with Gasteiger partial charge in [0, 0.05) is 21.6 Å². The van der Waals surface area contributed by atoms with Crippen molar-refractivity contribution in [3.8, 4) is 0 Å². The Hall–Kier alpha value is -1.34. The lowest BCUT2D eigenvalue weighted by Crippen LogP contribution is -2.17. The highest BCUT2D eigenvalue weighted by Gasteiger charge is 2.29. The molecule has 0 unspecified atom stereocenters. The normalized spacial score (nSPS) is 18.0. The second kappa shape index (κ2) is 6.04. The van der Waals surface area contributed by atoms with Crippen LogP contribution in [0.5, 0.6) is 0 Å². The maximum Gasteiger partial charge on any atom is 0.235 e. The zero-order valence-electron chi connectivity index (χ0n) is 12.1. The summed E-state index contributed by atoms with van der Waals surface area (Å²) < 4.78 is 16.9. The van der Waals surface area contributed by atoms with E-state index in [9.17, 15) is 9.18 Å². The standard InChI is InChI=1S/C15H15BrFN3OS/c1-8(2)20-15-11(6-18-20)14(22-7-13(21)19-15)10-5-9(16)3-4-12(10)17/h3-6,8,14H,7H2,1-2H3,(H,19,21)/t14-/m0/s1. The molecule has 3 rings (SSSR count). The summed E-state index contributed by atoms with van der Waals surface area (Å²) in [5, 5.41) is 6.98. The molecule has 2 aromatic rings. The number of carbonyl (C=O) groups is 1. The minimum absolute atomic E-state index is 0.0912. The van der Waals surface area contributed by atoms with Gasteiger partial charge >= 0.3 is 0 Å². The Kier molecular flexibility index (Phi) is 4.27. The number of halogens is 2. The van der Waals surface area contributed by atoms with Crippen molar-refractivity contribution >= 4 is 39.4 Å². The molecule has 4 nitrogen and oxygen atoms in total. The molecule has 0 aliphatic carbocycles. The van der Waals surface area contributed by atoms with Gasteiger partial charge in [-0.3, -0.25) is 4.79 Å². The van der Waals surface area contributed by atoms with E-state index in [2.05, 4.69) is 26.3 Å². The number of nitrogens with zero attached hydrogens (tertiary/aromatic N) is 2. The lowest BCUT2D eigenvalue weighted by Gasteiger charge is -2.16. The number of fused-ring (bicyclic) bond motifs is 1. The van der Waals surface area contributed by atoms with E-state index in [0.29, 0.717) is 11.4 Å². The summed E-state index contributed by atoms with van der Waals surface area (Å²) in [7, 11) is 0. The molecule has 0 saturated heterocycles. The van der Waals surface area contributed by atoms with Crippen molar-refractivity contribution in [1.82, 2.24) is 9.78 Å². The largest absolute Gasteiger partial charge is 0.310 e. The van der Waals surface area contributed by atoms with Gasteiger partial charge in [-0.05, 0) is 32.0 Å². The first-order valence-electron chi connectivity index (χ1n) is 6.91. The smallest absolute Gasteiger partial charge is 0.235 e. The van der Waals surface area contributed by atoms with Crippen molar-refractivity contribution < 1.29 is 9.18 Å². The summed E-state index contributed by atoms with van der Waals surface area (Å²) in [4.78, 5) is 12.0. The van der Waals surface area contributed by atoms with Crippen LogP contribution in [-0.2, 0) is 4.79 Å². The van der Waals surface area contributed by atoms with E-state index in [1.54, 1.807) is 23.0 Å². The fraction of sp³-hybridized carbons (Fsp3) is 0.333. The lowest BCUT2D eigenvalue weighted by atomic mass is 10.1. The molecule has 1 aromatic carbocycles. The first-order valence-corrected chi connectivity index (χ1v) is 8.75. The van der Waals surface area contributed by atoms with Crippen LogP contribution in [0.15, 0.2) is 28.9 Å². The van der Waals surface area contributed by atoms with E-state index < -0.39 is 0 Å². The topological polar surface area (TPSA) is 46.9 Å². The number of rotatable bonds is 2. The number of carbonyl (C=O) groups excluding carboxylic acids is 1. The fourth-order valence-corrected chi connectivity index (χ4v) is 3.96. The molecule has 0 saturated carbocycles. The Morgan fingerprint density at radius 3 is 2.95 bits per heavy atom. The fourth-order valence-electron chi connectivity index (χ4n) is 2.48. The van der Waals surface area contributed by atoms with Crippen LogP contribution in [-0.4, -0.2) is 21.4 Å². The van der Waals surface area contributed by atoms with Gasteiger partial charge in [0.1, 0.15) is 11.6 Å². The Bertz CT molecular complexity index is 732. The third-order valence-corrected chi connectivity index (χ3v) is 5.24. The van der Waals surface area contributed by atoms with Crippen molar-refractivity contribution in [1.29, 1.82) is 0 Å². The molecule has 1 aliphatic heterocycles. The Balaban J connectivity index is 2.14. The molecule has 1 atom stereocenters. The van der Waals surface area contributed by atoms with E-state index in [1.165, 1.54) is 17.8 Å². The third kappa shape index (κ3) is 2.79. The first-order chi connectivity index (χ1) is 10.5. The molecular weight excluding hydrogens is 369 g/mol. The van der Waals surface area contributed by atoms with Crippen LogP contribution < -0.4 is 5.32 Å². The van der Waals surface area contributed by atoms with Crippen molar-refractivity contribution in [2.75, 3.05) is 11.1 Å². The van der Waals surface area contributed by atoms with E-state index >= 15 is 0 Å². The first kappa shape index (κ1) is 15.6. The number of benzene rings is 1. The maximum atomic E-state index is 14.3. The number of thioether (sulfide) groups is 1. The summed E-state index contributed by atoms with van der Waals surface area (Å²) in [6.07, 6.45) is 1.72. The minimum Gasteiger partial charge on any atom is -0.310 e. The molecular formula is C15H15BrFN3OS. The van der Waals surface area contributed by atoms with E-state index in [1.807, 2.05) is 13.8 Å². The molecule has 7 heteroatoms. The van der Waals surface area contributed by atoms with Crippen LogP contribution >= 0.6 is 27.7 Å². The van der Waals surface area contributed by atoms with E-state index in [0.717, 1.165) is 10.0 Å². The van der Waals surface area contributed by atoms with Crippen LogP contribution in [0, 0.1) is 5.82 Å². The van der Waals surface area contributed by atoms with Crippen LogP contribution in [0.25, 0.3) is 0 Å². The van der Waals surface area contributed by atoms with Crippen molar-refractivity contribution in [2.45, 2.75) is 25.1 Å². The van der Waals surface area contributed by atoms with Gasteiger partial charge in [0.25, 0.3) is 0 Å². The SMILES string of the molecule is CC(C)n1ncc2c1NC(=O)CS[C@H]2c1cc(Br)ccc1F.